The zero-order valence-electron chi connectivity index (χ0n) is 12.5. The summed E-state index contributed by atoms with van der Waals surface area (Å²) in [6, 6.07) is 11.3. The molecule has 1 aromatic heterocycles. The average molecular weight is 297 g/mol. The predicted octanol–water partition coefficient (Wildman–Crippen LogP) is 2.62. The number of hydrogen-bond acceptors (Lipinski definition) is 4. The summed E-state index contributed by atoms with van der Waals surface area (Å²) in [5.74, 6) is 1.39. The smallest absolute Gasteiger partial charge is 0.253 e. The molecule has 2 aromatic rings. The highest BCUT2D eigenvalue weighted by molar-refractivity contribution is 5.94. The molecule has 0 aliphatic rings. The number of hydrogen-bond donors (Lipinski definition) is 2. The SMILES string of the molecule is C=CCNC(=O)c1ccc(NCc2ccc(OC)cc2)nc1. The molecule has 0 atom stereocenters. The number of rotatable bonds is 7. The number of methoxy groups -OCH3 is 1. The Labute approximate surface area is 130 Å². The van der Waals surface area contributed by atoms with Gasteiger partial charge >= 0.3 is 0 Å². The molecule has 0 spiro atoms. The van der Waals surface area contributed by atoms with E-state index in [0.717, 1.165) is 17.1 Å². The summed E-state index contributed by atoms with van der Waals surface area (Å²) in [6.45, 7) is 4.65. The minimum Gasteiger partial charge on any atom is -0.497 e. The van der Waals surface area contributed by atoms with Crippen LogP contribution < -0.4 is 15.4 Å². The van der Waals surface area contributed by atoms with Crippen molar-refractivity contribution in [1.82, 2.24) is 10.3 Å². The van der Waals surface area contributed by atoms with Crippen LogP contribution in [0, 0.1) is 0 Å². The van der Waals surface area contributed by atoms with Gasteiger partial charge in [-0.2, -0.15) is 0 Å². The fourth-order valence-corrected chi connectivity index (χ4v) is 1.84. The zero-order chi connectivity index (χ0) is 15.8. The minimum atomic E-state index is -0.158. The summed E-state index contributed by atoms with van der Waals surface area (Å²) in [6.07, 6.45) is 3.19. The maximum Gasteiger partial charge on any atom is 0.253 e. The fraction of sp³-hybridized carbons (Fsp3) is 0.176. The van der Waals surface area contributed by atoms with Gasteiger partial charge in [0.25, 0.3) is 5.91 Å². The first kappa shape index (κ1) is 15.6. The van der Waals surface area contributed by atoms with Gasteiger partial charge in [0.1, 0.15) is 11.6 Å². The fourth-order valence-electron chi connectivity index (χ4n) is 1.84. The number of amides is 1. The molecule has 5 heteroatoms. The third-order valence-corrected chi connectivity index (χ3v) is 3.07. The largest absolute Gasteiger partial charge is 0.497 e. The van der Waals surface area contributed by atoms with E-state index in [0.29, 0.717) is 18.7 Å². The van der Waals surface area contributed by atoms with Gasteiger partial charge in [0.15, 0.2) is 0 Å². The maximum absolute atomic E-state index is 11.7. The Morgan fingerprint density at radius 2 is 2.05 bits per heavy atom. The first-order valence-electron chi connectivity index (χ1n) is 6.95. The van der Waals surface area contributed by atoms with Crippen molar-refractivity contribution >= 4 is 11.7 Å². The molecule has 0 unspecified atom stereocenters. The average Bonchev–Trinajstić information content (AvgIpc) is 2.58. The molecular formula is C17H19N3O2. The van der Waals surface area contributed by atoms with E-state index in [4.69, 9.17) is 4.74 Å². The Bertz CT molecular complexity index is 621. The Balaban J connectivity index is 1.90. The van der Waals surface area contributed by atoms with Crippen LogP contribution in [0.2, 0.25) is 0 Å². The van der Waals surface area contributed by atoms with Crippen molar-refractivity contribution in [2.45, 2.75) is 6.54 Å². The minimum absolute atomic E-state index is 0.158. The molecular weight excluding hydrogens is 278 g/mol. The Hall–Kier alpha value is -2.82. The number of anilines is 1. The van der Waals surface area contributed by atoms with Gasteiger partial charge in [-0.15, -0.1) is 6.58 Å². The quantitative estimate of drug-likeness (QED) is 0.771. The van der Waals surface area contributed by atoms with Gasteiger partial charge in [0.05, 0.1) is 12.7 Å². The molecule has 0 saturated heterocycles. The number of nitrogens with one attached hydrogen (secondary N) is 2. The topological polar surface area (TPSA) is 63.2 Å². The number of carbonyl (C=O) groups excluding carboxylic acids is 1. The number of carbonyl (C=O) groups is 1. The van der Waals surface area contributed by atoms with Crippen molar-refractivity contribution in [3.05, 3.63) is 66.4 Å². The van der Waals surface area contributed by atoms with Gasteiger partial charge in [0.2, 0.25) is 0 Å². The summed E-state index contributed by atoms with van der Waals surface area (Å²) in [5, 5.41) is 5.92. The summed E-state index contributed by atoms with van der Waals surface area (Å²) < 4.78 is 5.12. The van der Waals surface area contributed by atoms with E-state index < -0.39 is 0 Å². The number of benzene rings is 1. The van der Waals surface area contributed by atoms with Crippen LogP contribution in [0.3, 0.4) is 0 Å². The van der Waals surface area contributed by atoms with E-state index in [2.05, 4.69) is 22.2 Å². The number of aromatic nitrogens is 1. The maximum atomic E-state index is 11.7. The first-order chi connectivity index (χ1) is 10.7. The monoisotopic (exact) mass is 297 g/mol. The lowest BCUT2D eigenvalue weighted by Gasteiger charge is -2.07. The Morgan fingerprint density at radius 1 is 1.27 bits per heavy atom. The molecule has 0 bridgehead atoms. The number of nitrogens with zero attached hydrogens (tertiary/aromatic N) is 1. The third-order valence-electron chi connectivity index (χ3n) is 3.07. The van der Waals surface area contributed by atoms with Crippen LogP contribution in [-0.2, 0) is 6.54 Å². The van der Waals surface area contributed by atoms with Crippen LogP contribution >= 0.6 is 0 Å². The van der Waals surface area contributed by atoms with Crippen LogP contribution in [0.5, 0.6) is 5.75 Å². The van der Waals surface area contributed by atoms with Crippen molar-refractivity contribution in [3.8, 4) is 5.75 Å². The van der Waals surface area contributed by atoms with Crippen LogP contribution in [0.25, 0.3) is 0 Å². The van der Waals surface area contributed by atoms with E-state index in [9.17, 15) is 4.79 Å². The lowest BCUT2D eigenvalue weighted by atomic mass is 10.2. The second kappa shape index (κ2) is 7.83. The molecule has 0 saturated carbocycles. The second-order valence-electron chi connectivity index (χ2n) is 4.63. The molecule has 2 rings (SSSR count). The van der Waals surface area contributed by atoms with Crippen LogP contribution in [0.1, 0.15) is 15.9 Å². The molecule has 2 N–H and O–H groups in total. The molecule has 1 aromatic carbocycles. The van der Waals surface area contributed by atoms with Crippen molar-refractivity contribution < 1.29 is 9.53 Å². The van der Waals surface area contributed by atoms with Crippen molar-refractivity contribution in [2.24, 2.45) is 0 Å². The van der Waals surface area contributed by atoms with E-state index in [-0.39, 0.29) is 5.91 Å². The number of ether oxygens (including phenoxy) is 1. The van der Waals surface area contributed by atoms with Crippen molar-refractivity contribution in [2.75, 3.05) is 19.0 Å². The first-order valence-corrected chi connectivity index (χ1v) is 6.95. The molecule has 114 valence electrons. The van der Waals surface area contributed by atoms with Gasteiger partial charge in [-0.05, 0) is 29.8 Å². The van der Waals surface area contributed by atoms with Gasteiger partial charge in [-0.25, -0.2) is 4.98 Å². The molecule has 1 amide bonds. The van der Waals surface area contributed by atoms with E-state index in [1.807, 2.05) is 24.3 Å². The van der Waals surface area contributed by atoms with Crippen molar-refractivity contribution in [3.63, 3.8) is 0 Å². The highest BCUT2D eigenvalue weighted by Crippen LogP contribution is 2.13. The lowest BCUT2D eigenvalue weighted by Crippen LogP contribution is -2.23. The molecule has 0 radical (unpaired) electrons. The Kier molecular flexibility index (Phi) is 5.54. The molecule has 5 nitrogen and oxygen atoms in total. The summed E-state index contributed by atoms with van der Waals surface area (Å²) in [4.78, 5) is 16.0. The van der Waals surface area contributed by atoms with E-state index >= 15 is 0 Å². The summed E-state index contributed by atoms with van der Waals surface area (Å²) in [5.41, 5.74) is 1.65. The highest BCUT2D eigenvalue weighted by Gasteiger charge is 2.04. The van der Waals surface area contributed by atoms with Crippen LogP contribution in [-0.4, -0.2) is 24.5 Å². The second-order valence-corrected chi connectivity index (χ2v) is 4.63. The Morgan fingerprint density at radius 3 is 2.64 bits per heavy atom. The predicted molar refractivity (Wildman–Crippen MR) is 87.1 cm³/mol. The van der Waals surface area contributed by atoms with E-state index in [1.54, 1.807) is 31.5 Å². The molecule has 0 aliphatic heterocycles. The van der Waals surface area contributed by atoms with E-state index in [1.165, 1.54) is 0 Å². The molecule has 22 heavy (non-hydrogen) atoms. The van der Waals surface area contributed by atoms with Crippen LogP contribution in [0.15, 0.2) is 55.3 Å². The summed E-state index contributed by atoms with van der Waals surface area (Å²) >= 11 is 0. The molecule has 1 heterocycles. The van der Waals surface area contributed by atoms with Gasteiger partial charge in [-0.3, -0.25) is 4.79 Å². The zero-order valence-corrected chi connectivity index (χ0v) is 12.5. The lowest BCUT2D eigenvalue weighted by molar-refractivity contribution is 0.0957. The van der Waals surface area contributed by atoms with Gasteiger partial charge in [-0.1, -0.05) is 18.2 Å². The normalized spacial score (nSPS) is 9.86. The van der Waals surface area contributed by atoms with Crippen LogP contribution in [0.4, 0.5) is 5.82 Å². The standard InChI is InChI=1S/C17H19N3O2/c1-3-10-18-17(21)14-6-9-16(20-12-14)19-11-13-4-7-15(22-2)8-5-13/h3-9,12H,1,10-11H2,2H3,(H,18,21)(H,19,20). The van der Waals surface area contributed by atoms with Gasteiger partial charge in [0, 0.05) is 19.3 Å². The number of pyridine rings is 1. The molecule has 0 aliphatic carbocycles. The third kappa shape index (κ3) is 4.34. The molecule has 0 fully saturated rings. The van der Waals surface area contributed by atoms with Gasteiger partial charge < -0.3 is 15.4 Å². The summed E-state index contributed by atoms with van der Waals surface area (Å²) in [7, 11) is 1.64. The highest BCUT2D eigenvalue weighted by atomic mass is 16.5. The van der Waals surface area contributed by atoms with Crippen molar-refractivity contribution in [1.29, 1.82) is 0 Å².